The van der Waals surface area contributed by atoms with Gasteiger partial charge in [0.1, 0.15) is 17.4 Å². The molecule has 1 aromatic carbocycles. The first kappa shape index (κ1) is 19.0. The van der Waals surface area contributed by atoms with E-state index in [-0.39, 0.29) is 23.3 Å². The first-order valence-corrected chi connectivity index (χ1v) is 8.55. The molecular formula is C18H21F2N5O2. The molecule has 3 rings (SSSR count). The Labute approximate surface area is 155 Å². The summed E-state index contributed by atoms with van der Waals surface area (Å²) in [5.41, 5.74) is 5.81. The first-order valence-electron chi connectivity index (χ1n) is 8.55. The van der Waals surface area contributed by atoms with E-state index in [0.717, 1.165) is 6.42 Å². The minimum absolute atomic E-state index is 0.109. The number of halogens is 2. The Morgan fingerprint density at radius 3 is 2.93 bits per heavy atom. The molecule has 1 aromatic heterocycles. The molecular weight excluding hydrogens is 356 g/mol. The van der Waals surface area contributed by atoms with Gasteiger partial charge in [0.25, 0.3) is 5.91 Å². The van der Waals surface area contributed by atoms with E-state index in [9.17, 15) is 13.6 Å². The number of amides is 1. The largest absolute Gasteiger partial charge is 0.434 e. The highest BCUT2D eigenvalue weighted by Gasteiger charge is 2.31. The standard InChI is InChI=1S/C18H21F2N5O2/c1-24(11-16-22-8-6-15(21)23-16)12-7-9-25(10-12)17(26)13-4-2-3-5-14(13)27-18(19)20/h2-6,8,12,18H,7,9-11H2,1H3,(H2,21,22,23). The Hall–Kier alpha value is -2.81. The topological polar surface area (TPSA) is 84.6 Å². The van der Waals surface area contributed by atoms with Gasteiger partial charge in [0.15, 0.2) is 0 Å². The number of nitrogen functional groups attached to an aromatic ring is 1. The van der Waals surface area contributed by atoms with E-state index in [0.29, 0.717) is 31.3 Å². The zero-order chi connectivity index (χ0) is 19.4. The van der Waals surface area contributed by atoms with Crippen LogP contribution in [0.5, 0.6) is 5.75 Å². The highest BCUT2D eigenvalue weighted by Crippen LogP contribution is 2.25. The molecule has 0 saturated carbocycles. The molecule has 7 nitrogen and oxygen atoms in total. The molecule has 0 spiro atoms. The minimum atomic E-state index is -2.98. The number of carbonyl (C=O) groups excluding carboxylic acids is 1. The van der Waals surface area contributed by atoms with Gasteiger partial charge >= 0.3 is 6.61 Å². The van der Waals surface area contributed by atoms with Crippen molar-refractivity contribution in [3.05, 3.63) is 47.9 Å². The predicted octanol–water partition coefficient (Wildman–Crippen LogP) is 2.01. The third-order valence-corrected chi connectivity index (χ3v) is 4.53. The van der Waals surface area contributed by atoms with Crippen molar-refractivity contribution >= 4 is 11.7 Å². The highest BCUT2D eigenvalue weighted by molar-refractivity contribution is 5.97. The molecule has 144 valence electrons. The summed E-state index contributed by atoms with van der Waals surface area (Å²) in [5, 5.41) is 0. The fraction of sp³-hybridized carbons (Fsp3) is 0.389. The van der Waals surface area contributed by atoms with Crippen LogP contribution < -0.4 is 10.5 Å². The van der Waals surface area contributed by atoms with Gasteiger partial charge in [-0.2, -0.15) is 8.78 Å². The lowest BCUT2D eigenvalue weighted by molar-refractivity contribution is -0.0502. The second-order valence-corrected chi connectivity index (χ2v) is 6.38. The molecule has 1 aliphatic rings. The van der Waals surface area contributed by atoms with Gasteiger partial charge in [0, 0.05) is 25.3 Å². The monoisotopic (exact) mass is 377 g/mol. The number of likely N-dealkylation sites (tertiary alicyclic amines) is 1. The van der Waals surface area contributed by atoms with Gasteiger partial charge in [-0.15, -0.1) is 0 Å². The number of aromatic nitrogens is 2. The molecule has 0 radical (unpaired) electrons. The number of ether oxygens (including phenoxy) is 1. The van der Waals surface area contributed by atoms with Crippen molar-refractivity contribution in [1.82, 2.24) is 19.8 Å². The van der Waals surface area contributed by atoms with Crippen LogP contribution in [0, 0.1) is 0 Å². The van der Waals surface area contributed by atoms with Crippen molar-refractivity contribution in [3.8, 4) is 5.75 Å². The molecule has 9 heteroatoms. The molecule has 0 bridgehead atoms. The van der Waals surface area contributed by atoms with Gasteiger partial charge in [-0.25, -0.2) is 9.97 Å². The first-order chi connectivity index (χ1) is 12.9. The number of hydrogen-bond donors (Lipinski definition) is 1. The Morgan fingerprint density at radius 2 is 2.19 bits per heavy atom. The summed E-state index contributed by atoms with van der Waals surface area (Å²) >= 11 is 0. The van der Waals surface area contributed by atoms with Gasteiger partial charge in [0.2, 0.25) is 0 Å². The van der Waals surface area contributed by atoms with Gasteiger partial charge in [-0.05, 0) is 31.7 Å². The number of rotatable bonds is 6. The Kier molecular flexibility index (Phi) is 5.80. The molecule has 1 fully saturated rings. The van der Waals surface area contributed by atoms with Crippen LogP contribution in [0.3, 0.4) is 0 Å². The third-order valence-electron chi connectivity index (χ3n) is 4.53. The summed E-state index contributed by atoms with van der Waals surface area (Å²) in [6.07, 6.45) is 2.37. The van der Waals surface area contributed by atoms with Crippen molar-refractivity contribution in [1.29, 1.82) is 0 Å². The number of nitrogens with two attached hydrogens (primary N) is 1. The van der Waals surface area contributed by atoms with E-state index in [2.05, 4.69) is 19.6 Å². The second kappa shape index (κ2) is 8.26. The van der Waals surface area contributed by atoms with Crippen LogP contribution in [0.4, 0.5) is 14.6 Å². The van der Waals surface area contributed by atoms with E-state index >= 15 is 0 Å². The van der Waals surface area contributed by atoms with Crippen LogP contribution in [-0.2, 0) is 6.54 Å². The number of anilines is 1. The number of alkyl halides is 2. The Balaban J connectivity index is 1.64. The number of nitrogens with zero attached hydrogens (tertiary/aromatic N) is 4. The van der Waals surface area contributed by atoms with Crippen LogP contribution >= 0.6 is 0 Å². The molecule has 1 aliphatic heterocycles. The van der Waals surface area contributed by atoms with Crippen molar-refractivity contribution in [2.75, 3.05) is 25.9 Å². The maximum absolute atomic E-state index is 12.8. The summed E-state index contributed by atoms with van der Waals surface area (Å²) in [7, 11) is 1.93. The number of hydrogen-bond acceptors (Lipinski definition) is 6. The Morgan fingerprint density at radius 1 is 1.41 bits per heavy atom. The van der Waals surface area contributed by atoms with Crippen LogP contribution in [-0.4, -0.2) is 58.5 Å². The summed E-state index contributed by atoms with van der Waals surface area (Å²) in [5.74, 6) is 0.593. The number of likely N-dealkylation sites (N-methyl/N-ethyl adjacent to an activating group) is 1. The van der Waals surface area contributed by atoms with E-state index in [1.54, 1.807) is 29.3 Å². The summed E-state index contributed by atoms with van der Waals surface area (Å²) in [6, 6.07) is 7.79. The number of benzene rings is 1. The molecule has 1 amide bonds. The van der Waals surface area contributed by atoms with E-state index in [1.807, 2.05) is 7.05 Å². The maximum atomic E-state index is 12.8. The second-order valence-electron chi connectivity index (χ2n) is 6.38. The molecule has 1 atom stereocenters. The maximum Gasteiger partial charge on any atom is 0.387 e. The summed E-state index contributed by atoms with van der Waals surface area (Å²) in [4.78, 5) is 24.8. The smallest absolute Gasteiger partial charge is 0.387 e. The van der Waals surface area contributed by atoms with E-state index in [1.165, 1.54) is 12.1 Å². The minimum Gasteiger partial charge on any atom is -0.434 e. The average molecular weight is 377 g/mol. The quantitative estimate of drug-likeness (QED) is 0.829. The lowest BCUT2D eigenvalue weighted by atomic mass is 10.2. The lowest BCUT2D eigenvalue weighted by Crippen LogP contribution is -2.36. The fourth-order valence-electron chi connectivity index (χ4n) is 3.14. The van der Waals surface area contributed by atoms with Gasteiger partial charge < -0.3 is 15.4 Å². The predicted molar refractivity (Wildman–Crippen MR) is 95.3 cm³/mol. The summed E-state index contributed by atoms with van der Waals surface area (Å²) < 4.78 is 29.6. The molecule has 0 aliphatic carbocycles. The normalized spacial score (nSPS) is 16.9. The SMILES string of the molecule is CN(Cc1nccc(N)n1)C1CCN(C(=O)c2ccccc2OC(F)F)C1. The van der Waals surface area contributed by atoms with Gasteiger partial charge in [0.05, 0.1) is 12.1 Å². The number of para-hydroxylation sites is 1. The molecule has 1 unspecified atom stereocenters. The third kappa shape index (κ3) is 4.68. The van der Waals surface area contributed by atoms with Crippen LogP contribution in [0.2, 0.25) is 0 Å². The highest BCUT2D eigenvalue weighted by atomic mass is 19.3. The van der Waals surface area contributed by atoms with Crippen LogP contribution in [0.1, 0.15) is 22.6 Å². The van der Waals surface area contributed by atoms with Crippen molar-refractivity contribution < 1.29 is 18.3 Å². The van der Waals surface area contributed by atoms with Gasteiger partial charge in [-0.1, -0.05) is 12.1 Å². The zero-order valence-corrected chi connectivity index (χ0v) is 14.9. The van der Waals surface area contributed by atoms with Crippen LogP contribution in [0.25, 0.3) is 0 Å². The molecule has 27 heavy (non-hydrogen) atoms. The summed E-state index contributed by atoms with van der Waals surface area (Å²) in [6.45, 7) is -1.45. The molecule has 1 saturated heterocycles. The molecule has 2 heterocycles. The van der Waals surface area contributed by atoms with Crippen molar-refractivity contribution in [2.24, 2.45) is 0 Å². The van der Waals surface area contributed by atoms with Gasteiger partial charge in [-0.3, -0.25) is 9.69 Å². The molecule has 2 aromatic rings. The van der Waals surface area contributed by atoms with Crippen molar-refractivity contribution in [3.63, 3.8) is 0 Å². The number of carbonyl (C=O) groups is 1. The molecule has 2 N–H and O–H groups in total. The Bertz CT molecular complexity index is 805. The fourth-order valence-corrected chi connectivity index (χ4v) is 3.14. The van der Waals surface area contributed by atoms with E-state index in [4.69, 9.17) is 5.73 Å². The zero-order valence-electron chi connectivity index (χ0n) is 14.9. The average Bonchev–Trinajstić information content (AvgIpc) is 3.11. The van der Waals surface area contributed by atoms with E-state index < -0.39 is 6.61 Å². The van der Waals surface area contributed by atoms with Crippen LogP contribution in [0.15, 0.2) is 36.5 Å². The lowest BCUT2D eigenvalue weighted by Gasteiger charge is -2.24. The van der Waals surface area contributed by atoms with Crippen molar-refractivity contribution in [2.45, 2.75) is 25.6 Å².